The van der Waals surface area contributed by atoms with Gasteiger partial charge in [-0.05, 0) is 42.7 Å². The average Bonchev–Trinajstić information content (AvgIpc) is 2.77. The Morgan fingerprint density at radius 1 is 0.724 bits per heavy atom. The number of thioether (sulfide) groups is 2. The molecule has 0 aromatic heterocycles. The molecular weight excluding hydrogens is 390 g/mol. The summed E-state index contributed by atoms with van der Waals surface area (Å²) in [5.41, 5.74) is 1.37. The monoisotopic (exact) mass is 419 g/mol. The molecule has 3 rings (SSSR count). The van der Waals surface area contributed by atoms with Crippen LogP contribution in [-0.4, -0.2) is 22.6 Å². The van der Waals surface area contributed by atoms with E-state index in [1.165, 1.54) is 15.4 Å². The van der Waals surface area contributed by atoms with Crippen LogP contribution in [0.25, 0.3) is 0 Å². The molecule has 3 aromatic carbocycles. The van der Waals surface area contributed by atoms with Crippen LogP contribution in [0.5, 0.6) is 0 Å². The molecule has 3 heteroatoms. The van der Waals surface area contributed by atoms with E-state index in [4.69, 9.17) is 0 Å². The Morgan fingerprint density at radius 2 is 1.24 bits per heavy atom. The van der Waals surface area contributed by atoms with Crippen molar-refractivity contribution in [3.63, 3.8) is 0 Å². The van der Waals surface area contributed by atoms with E-state index in [1.54, 1.807) is 0 Å². The van der Waals surface area contributed by atoms with Crippen LogP contribution in [0.2, 0.25) is 0 Å². The second kappa shape index (κ2) is 12.6. The van der Waals surface area contributed by atoms with Crippen molar-refractivity contribution in [2.24, 2.45) is 0 Å². The van der Waals surface area contributed by atoms with Gasteiger partial charge in [-0.25, -0.2) is 0 Å². The van der Waals surface area contributed by atoms with Crippen molar-refractivity contribution in [3.05, 3.63) is 109 Å². The van der Waals surface area contributed by atoms with Gasteiger partial charge in [-0.2, -0.15) is 0 Å². The van der Waals surface area contributed by atoms with Crippen LogP contribution >= 0.6 is 23.5 Å². The van der Waals surface area contributed by atoms with Gasteiger partial charge in [0.1, 0.15) is 0 Å². The van der Waals surface area contributed by atoms with E-state index in [0.717, 1.165) is 32.5 Å². The lowest BCUT2D eigenvalue weighted by molar-refractivity contribution is 0.270. The molecule has 1 nitrogen and oxygen atoms in total. The number of rotatable bonds is 12. The van der Waals surface area contributed by atoms with Gasteiger partial charge in [0, 0.05) is 29.4 Å². The molecule has 150 valence electrons. The SMILES string of the molecule is C=CCCN(CCC(Sc1ccccc1)Sc1ccccc1)Cc1ccccc1. The van der Waals surface area contributed by atoms with Gasteiger partial charge in [0.05, 0.1) is 4.58 Å². The predicted molar refractivity (Wildman–Crippen MR) is 130 cm³/mol. The molecule has 0 fully saturated rings. The Bertz CT molecular complexity index is 780. The van der Waals surface area contributed by atoms with Gasteiger partial charge >= 0.3 is 0 Å². The van der Waals surface area contributed by atoms with Crippen molar-refractivity contribution in [2.75, 3.05) is 13.1 Å². The second-order valence-corrected chi connectivity index (χ2v) is 9.77. The van der Waals surface area contributed by atoms with Crippen LogP contribution < -0.4 is 0 Å². The number of benzene rings is 3. The van der Waals surface area contributed by atoms with E-state index >= 15 is 0 Å². The zero-order valence-corrected chi connectivity index (χ0v) is 18.5. The highest BCUT2D eigenvalue weighted by molar-refractivity contribution is 8.17. The summed E-state index contributed by atoms with van der Waals surface area (Å²) >= 11 is 3.94. The smallest absolute Gasteiger partial charge is 0.0609 e. The Hall–Kier alpha value is -1.94. The van der Waals surface area contributed by atoms with E-state index in [0.29, 0.717) is 4.58 Å². The molecular formula is C26H29NS2. The molecule has 0 unspecified atom stereocenters. The van der Waals surface area contributed by atoms with Crippen molar-refractivity contribution < 1.29 is 0 Å². The lowest BCUT2D eigenvalue weighted by Crippen LogP contribution is -2.27. The molecule has 0 amide bonds. The molecule has 0 spiro atoms. The fraction of sp³-hybridized carbons (Fsp3) is 0.231. The van der Waals surface area contributed by atoms with Gasteiger partial charge < -0.3 is 0 Å². The van der Waals surface area contributed by atoms with Gasteiger partial charge in [0.2, 0.25) is 0 Å². The Labute approximate surface area is 184 Å². The van der Waals surface area contributed by atoms with E-state index in [9.17, 15) is 0 Å². The van der Waals surface area contributed by atoms with Gasteiger partial charge in [-0.15, -0.1) is 30.1 Å². The third kappa shape index (κ3) is 8.14. The van der Waals surface area contributed by atoms with E-state index in [1.807, 2.05) is 29.6 Å². The molecule has 0 atom stereocenters. The first-order valence-corrected chi connectivity index (χ1v) is 11.9. The maximum Gasteiger partial charge on any atom is 0.0609 e. The standard InChI is InChI=1S/C26H29NS2/c1-2-3-20-27(22-23-13-7-4-8-14-23)21-19-26(28-24-15-9-5-10-16-24)29-25-17-11-6-12-18-25/h2,4-18,26H,1,3,19-22H2. The van der Waals surface area contributed by atoms with E-state index in [2.05, 4.69) is 102 Å². The normalized spacial score (nSPS) is 11.1. The third-order valence-corrected chi connectivity index (χ3v) is 7.26. The first-order chi connectivity index (χ1) is 14.3. The minimum absolute atomic E-state index is 0.474. The van der Waals surface area contributed by atoms with Crippen LogP contribution in [0.1, 0.15) is 18.4 Å². The Morgan fingerprint density at radius 3 is 1.76 bits per heavy atom. The maximum absolute atomic E-state index is 3.91. The molecule has 0 radical (unpaired) electrons. The molecule has 0 aliphatic carbocycles. The Kier molecular flexibility index (Phi) is 9.44. The molecule has 0 heterocycles. The van der Waals surface area contributed by atoms with Crippen molar-refractivity contribution in [1.82, 2.24) is 4.90 Å². The van der Waals surface area contributed by atoms with Crippen LogP contribution in [0.3, 0.4) is 0 Å². The van der Waals surface area contributed by atoms with E-state index in [-0.39, 0.29) is 0 Å². The predicted octanol–water partition coefficient (Wildman–Crippen LogP) is 7.37. The van der Waals surface area contributed by atoms with Crippen LogP contribution in [0.4, 0.5) is 0 Å². The molecule has 0 N–H and O–H groups in total. The Balaban J connectivity index is 1.65. The highest BCUT2D eigenvalue weighted by Crippen LogP contribution is 2.37. The highest BCUT2D eigenvalue weighted by Gasteiger charge is 2.15. The van der Waals surface area contributed by atoms with Gasteiger partial charge in [-0.1, -0.05) is 72.8 Å². The maximum atomic E-state index is 3.91. The fourth-order valence-electron chi connectivity index (χ4n) is 3.12. The van der Waals surface area contributed by atoms with Crippen molar-refractivity contribution in [1.29, 1.82) is 0 Å². The largest absolute Gasteiger partial charge is 0.299 e. The summed E-state index contributed by atoms with van der Waals surface area (Å²) in [5.74, 6) is 0. The summed E-state index contributed by atoms with van der Waals surface area (Å²) in [7, 11) is 0. The summed E-state index contributed by atoms with van der Waals surface area (Å²) in [4.78, 5) is 5.23. The molecule has 0 saturated carbocycles. The molecule has 0 bridgehead atoms. The zero-order chi connectivity index (χ0) is 20.2. The van der Waals surface area contributed by atoms with Gasteiger partial charge in [0.25, 0.3) is 0 Å². The van der Waals surface area contributed by atoms with Crippen LogP contribution in [0.15, 0.2) is 113 Å². The number of hydrogen-bond acceptors (Lipinski definition) is 3. The average molecular weight is 420 g/mol. The van der Waals surface area contributed by atoms with Crippen LogP contribution in [0, 0.1) is 0 Å². The van der Waals surface area contributed by atoms with Crippen molar-refractivity contribution >= 4 is 23.5 Å². The zero-order valence-electron chi connectivity index (χ0n) is 16.8. The molecule has 0 aliphatic heterocycles. The first kappa shape index (κ1) is 21.8. The molecule has 29 heavy (non-hydrogen) atoms. The number of nitrogens with zero attached hydrogens (tertiary/aromatic N) is 1. The molecule has 0 aliphatic rings. The minimum atomic E-state index is 0.474. The quantitative estimate of drug-likeness (QED) is 0.171. The van der Waals surface area contributed by atoms with Crippen molar-refractivity contribution in [3.8, 4) is 0 Å². The summed E-state index contributed by atoms with van der Waals surface area (Å²) in [6.45, 7) is 7.03. The summed E-state index contributed by atoms with van der Waals surface area (Å²) in [6, 6.07) is 32.3. The summed E-state index contributed by atoms with van der Waals surface area (Å²) < 4.78 is 0.474. The van der Waals surface area contributed by atoms with Gasteiger partial charge in [0.15, 0.2) is 0 Å². The lowest BCUT2D eigenvalue weighted by Gasteiger charge is -2.25. The highest BCUT2D eigenvalue weighted by atomic mass is 32.2. The summed E-state index contributed by atoms with van der Waals surface area (Å²) in [6.07, 6.45) is 4.17. The molecule has 0 saturated heterocycles. The van der Waals surface area contributed by atoms with Crippen molar-refractivity contribution in [2.45, 2.75) is 33.8 Å². The summed E-state index contributed by atoms with van der Waals surface area (Å²) in [5, 5.41) is 0. The molecule has 3 aromatic rings. The van der Waals surface area contributed by atoms with Crippen LogP contribution in [-0.2, 0) is 6.54 Å². The second-order valence-electron chi connectivity index (χ2n) is 6.92. The first-order valence-electron chi connectivity index (χ1n) is 10.1. The van der Waals surface area contributed by atoms with E-state index < -0.39 is 0 Å². The minimum Gasteiger partial charge on any atom is -0.299 e. The third-order valence-electron chi connectivity index (χ3n) is 4.60. The topological polar surface area (TPSA) is 3.24 Å². The van der Waals surface area contributed by atoms with Gasteiger partial charge in [-0.3, -0.25) is 4.90 Å². The number of hydrogen-bond donors (Lipinski definition) is 0. The fourth-order valence-corrected chi connectivity index (χ4v) is 5.66. The lowest BCUT2D eigenvalue weighted by atomic mass is 10.2.